The van der Waals surface area contributed by atoms with E-state index in [0.29, 0.717) is 24.3 Å². The van der Waals surface area contributed by atoms with E-state index >= 15 is 0 Å². The average Bonchev–Trinajstić information content (AvgIpc) is 3.45. The molecular formula is C33H40N2O6. The lowest BCUT2D eigenvalue weighted by molar-refractivity contribution is -0.138. The number of ether oxygens (including phenoxy) is 2. The monoisotopic (exact) mass is 560 g/mol. The highest BCUT2D eigenvalue weighted by atomic mass is 16.6. The zero-order valence-electron chi connectivity index (χ0n) is 24.2. The van der Waals surface area contributed by atoms with E-state index in [1.165, 1.54) is 19.8 Å². The van der Waals surface area contributed by atoms with Gasteiger partial charge in [-0.1, -0.05) is 13.8 Å². The van der Waals surface area contributed by atoms with Gasteiger partial charge in [-0.05, 0) is 75.0 Å². The summed E-state index contributed by atoms with van der Waals surface area (Å²) in [6.07, 6.45) is 12.5. The number of amides is 1. The number of phenols is 1. The van der Waals surface area contributed by atoms with Gasteiger partial charge in [0.05, 0.1) is 18.6 Å². The SMILES string of the molecule is CC(=O)Oc1cc(O)c2c3c1O[C@H]1[C@@H](N(CC(C)C)C(=O)/C=C/c4ccoc4)CC[C@H]4[C@@H](C2)N(CC2CC2)CC[C@@]341. The number of carbonyl (C=O) groups is 2. The third-order valence-electron chi connectivity index (χ3n) is 10.1. The Kier molecular flexibility index (Phi) is 6.45. The first kappa shape index (κ1) is 26.6. The Hall–Kier alpha value is -3.26. The van der Waals surface area contributed by atoms with Crippen molar-refractivity contribution in [1.29, 1.82) is 0 Å². The molecule has 3 heterocycles. The molecule has 3 aliphatic carbocycles. The fraction of sp³-hybridized carbons (Fsp3) is 0.576. The molecule has 1 spiro atoms. The van der Waals surface area contributed by atoms with Crippen molar-refractivity contribution in [3.05, 3.63) is 47.4 Å². The molecule has 1 N–H and O–H groups in total. The average molecular weight is 561 g/mol. The van der Waals surface area contributed by atoms with Gasteiger partial charge in [0.1, 0.15) is 11.9 Å². The molecule has 5 aliphatic rings. The van der Waals surface area contributed by atoms with E-state index in [9.17, 15) is 14.7 Å². The Balaban J connectivity index is 1.31. The van der Waals surface area contributed by atoms with E-state index in [0.717, 1.165) is 61.4 Å². The maximum Gasteiger partial charge on any atom is 0.308 e. The van der Waals surface area contributed by atoms with Crippen LogP contribution in [0.15, 0.2) is 35.2 Å². The van der Waals surface area contributed by atoms with Gasteiger partial charge in [0.15, 0.2) is 11.5 Å². The van der Waals surface area contributed by atoms with Crippen LogP contribution < -0.4 is 9.47 Å². The maximum absolute atomic E-state index is 13.9. The van der Waals surface area contributed by atoms with Crippen molar-refractivity contribution >= 4 is 18.0 Å². The summed E-state index contributed by atoms with van der Waals surface area (Å²) in [4.78, 5) is 30.6. The molecular weight excluding hydrogens is 520 g/mol. The molecule has 5 atom stereocenters. The van der Waals surface area contributed by atoms with Crippen LogP contribution in [0.25, 0.3) is 6.08 Å². The van der Waals surface area contributed by atoms with Crippen LogP contribution in [0, 0.1) is 17.8 Å². The number of phenolic OH excluding ortho intramolecular Hbond substituents is 1. The number of rotatable bonds is 8. The Labute approximate surface area is 241 Å². The Morgan fingerprint density at radius 3 is 2.80 bits per heavy atom. The first-order chi connectivity index (χ1) is 19.8. The van der Waals surface area contributed by atoms with Crippen LogP contribution in [0.5, 0.6) is 17.2 Å². The number of carbonyl (C=O) groups excluding carboxylic acids is 2. The molecule has 1 saturated heterocycles. The summed E-state index contributed by atoms with van der Waals surface area (Å²) in [7, 11) is 0. The summed E-state index contributed by atoms with van der Waals surface area (Å²) < 4.78 is 17.7. The minimum Gasteiger partial charge on any atom is -0.508 e. The summed E-state index contributed by atoms with van der Waals surface area (Å²) in [6, 6.07) is 3.58. The fourth-order valence-electron chi connectivity index (χ4n) is 8.47. The number of furan rings is 1. The van der Waals surface area contributed by atoms with E-state index < -0.39 is 5.97 Å². The summed E-state index contributed by atoms with van der Waals surface area (Å²) in [5, 5.41) is 11.3. The number of benzene rings is 1. The lowest BCUT2D eigenvalue weighted by Crippen LogP contribution is -2.69. The number of likely N-dealkylation sites (tertiary alicyclic amines) is 1. The molecule has 8 heteroatoms. The molecule has 218 valence electrons. The van der Waals surface area contributed by atoms with E-state index in [1.807, 2.05) is 11.0 Å². The molecule has 2 aromatic rings. The van der Waals surface area contributed by atoms with Gasteiger partial charge < -0.3 is 23.9 Å². The van der Waals surface area contributed by atoms with Gasteiger partial charge in [0.25, 0.3) is 0 Å². The van der Waals surface area contributed by atoms with Gasteiger partial charge in [-0.15, -0.1) is 0 Å². The summed E-state index contributed by atoms with van der Waals surface area (Å²) in [6.45, 7) is 8.35. The molecule has 0 radical (unpaired) electrons. The second-order valence-corrected chi connectivity index (χ2v) is 13.2. The second-order valence-electron chi connectivity index (χ2n) is 13.2. The summed E-state index contributed by atoms with van der Waals surface area (Å²) in [5.41, 5.74) is 2.47. The normalized spacial score (nSPS) is 29.9. The van der Waals surface area contributed by atoms with Gasteiger partial charge in [0.2, 0.25) is 5.91 Å². The van der Waals surface area contributed by atoms with Crippen LogP contribution in [0.4, 0.5) is 0 Å². The van der Waals surface area contributed by atoms with Crippen molar-refractivity contribution in [2.24, 2.45) is 17.8 Å². The van der Waals surface area contributed by atoms with Crippen LogP contribution in [-0.4, -0.2) is 64.6 Å². The van der Waals surface area contributed by atoms with E-state index in [4.69, 9.17) is 13.9 Å². The molecule has 1 aromatic heterocycles. The van der Waals surface area contributed by atoms with Crippen molar-refractivity contribution in [3.8, 4) is 17.2 Å². The largest absolute Gasteiger partial charge is 0.508 e. The van der Waals surface area contributed by atoms with Crippen molar-refractivity contribution in [2.75, 3.05) is 19.6 Å². The number of piperidine rings is 1. The fourth-order valence-corrected chi connectivity index (χ4v) is 8.47. The molecule has 3 fully saturated rings. The summed E-state index contributed by atoms with van der Waals surface area (Å²) >= 11 is 0. The number of esters is 1. The topological polar surface area (TPSA) is 92.5 Å². The van der Waals surface area contributed by atoms with Gasteiger partial charge in [-0.2, -0.15) is 0 Å². The smallest absolute Gasteiger partial charge is 0.308 e. The second kappa shape index (κ2) is 9.93. The third kappa shape index (κ3) is 4.37. The molecule has 2 aliphatic heterocycles. The highest BCUT2D eigenvalue weighted by Crippen LogP contribution is 2.66. The number of hydrogen-bond acceptors (Lipinski definition) is 7. The van der Waals surface area contributed by atoms with Crippen molar-refractivity contribution in [2.45, 2.75) is 82.9 Å². The molecule has 8 nitrogen and oxygen atoms in total. The van der Waals surface area contributed by atoms with Crippen molar-refractivity contribution < 1.29 is 28.6 Å². The quantitative estimate of drug-likeness (QED) is 0.278. The first-order valence-corrected chi connectivity index (χ1v) is 15.3. The van der Waals surface area contributed by atoms with Gasteiger partial charge >= 0.3 is 5.97 Å². The number of aromatic hydroxyl groups is 1. The standard InChI is InChI=1S/C33H40N2O6/c1-19(2)16-35(29(38)9-6-22-10-13-39-18-22)25-8-7-24-26-14-23-27(37)15-28(40-20(3)36)31-30(23)33(24,32(25)41-31)11-12-34(26)17-21-4-5-21/h6,9-10,13,15,18-19,21,24-26,32,37H,4-5,7-8,11-12,14,16-17H2,1-3H3/b9-6+/t24-,25-,26+,32-,33-/m0/s1. The lowest BCUT2D eigenvalue weighted by Gasteiger charge is -2.60. The minimum atomic E-state index is -0.446. The molecule has 7 rings (SSSR count). The Morgan fingerprint density at radius 1 is 1.27 bits per heavy atom. The molecule has 0 unspecified atom stereocenters. The highest BCUT2D eigenvalue weighted by molar-refractivity contribution is 5.92. The van der Waals surface area contributed by atoms with Gasteiger partial charge in [-0.3, -0.25) is 14.5 Å². The van der Waals surface area contributed by atoms with E-state index in [2.05, 4.69) is 18.7 Å². The van der Waals surface area contributed by atoms with Crippen LogP contribution in [0.2, 0.25) is 0 Å². The Bertz CT molecular complexity index is 1380. The van der Waals surface area contributed by atoms with Crippen molar-refractivity contribution in [3.63, 3.8) is 0 Å². The first-order valence-electron chi connectivity index (χ1n) is 15.3. The predicted molar refractivity (Wildman–Crippen MR) is 153 cm³/mol. The third-order valence-corrected chi connectivity index (χ3v) is 10.1. The molecule has 2 saturated carbocycles. The van der Waals surface area contributed by atoms with Crippen LogP contribution >= 0.6 is 0 Å². The van der Waals surface area contributed by atoms with Crippen molar-refractivity contribution in [1.82, 2.24) is 9.80 Å². The van der Waals surface area contributed by atoms with Gasteiger partial charge in [-0.25, -0.2) is 0 Å². The molecule has 1 amide bonds. The Morgan fingerprint density at radius 2 is 2.10 bits per heavy atom. The predicted octanol–water partition coefficient (Wildman–Crippen LogP) is 4.93. The molecule has 1 aromatic carbocycles. The molecule has 2 bridgehead atoms. The highest BCUT2D eigenvalue weighted by Gasteiger charge is 2.67. The number of hydrogen-bond donors (Lipinski definition) is 1. The lowest BCUT2D eigenvalue weighted by atomic mass is 9.50. The van der Waals surface area contributed by atoms with Crippen LogP contribution in [0.3, 0.4) is 0 Å². The van der Waals surface area contributed by atoms with Gasteiger partial charge in [0, 0.05) is 60.3 Å². The maximum atomic E-state index is 13.9. The zero-order valence-corrected chi connectivity index (χ0v) is 24.2. The number of nitrogens with zero attached hydrogens (tertiary/aromatic N) is 2. The zero-order chi connectivity index (χ0) is 28.5. The molecule has 41 heavy (non-hydrogen) atoms. The van der Waals surface area contributed by atoms with Crippen LogP contribution in [-0.2, 0) is 21.4 Å². The summed E-state index contributed by atoms with van der Waals surface area (Å²) in [5.74, 6) is 1.99. The van der Waals surface area contributed by atoms with E-state index in [-0.39, 0.29) is 40.9 Å². The van der Waals surface area contributed by atoms with Crippen LogP contribution in [0.1, 0.15) is 69.6 Å². The minimum absolute atomic E-state index is 0.0406. The van der Waals surface area contributed by atoms with E-state index in [1.54, 1.807) is 30.7 Å².